The molecule has 2 rings (SSSR count). The molecule has 0 spiro atoms. The van der Waals surface area contributed by atoms with Crippen LogP contribution in [0, 0.1) is 11.7 Å². The third-order valence-electron chi connectivity index (χ3n) is 3.55. The first-order valence-corrected chi connectivity index (χ1v) is 6.29. The molecule has 0 radical (unpaired) electrons. The highest BCUT2D eigenvalue weighted by Gasteiger charge is 2.46. The Labute approximate surface area is 111 Å². The lowest BCUT2D eigenvalue weighted by Crippen LogP contribution is -2.52. The van der Waals surface area contributed by atoms with Crippen LogP contribution >= 0.6 is 0 Å². The second kappa shape index (κ2) is 5.27. The predicted molar refractivity (Wildman–Crippen MR) is 68.0 cm³/mol. The molecule has 19 heavy (non-hydrogen) atoms. The molecular formula is C14H18FNO3. The number of carbonyl (C=O) groups excluding carboxylic acids is 1. The molecule has 1 aromatic carbocycles. The summed E-state index contributed by atoms with van der Waals surface area (Å²) in [5.41, 5.74) is -0.475. The summed E-state index contributed by atoms with van der Waals surface area (Å²) in [5.74, 6) is -0.939. The molecule has 2 atom stereocenters. The molecule has 0 aromatic heterocycles. The van der Waals surface area contributed by atoms with Gasteiger partial charge in [0.2, 0.25) is 5.91 Å². The van der Waals surface area contributed by atoms with Crippen molar-refractivity contribution in [3.63, 3.8) is 0 Å². The van der Waals surface area contributed by atoms with Crippen molar-refractivity contribution in [3.8, 4) is 0 Å². The van der Waals surface area contributed by atoms with Gasteiger partial charge in [0.05, 0.1) is 18.8 Å². The first-order chi connectivity index (χ1) is 9.00. The number of nitrogens with one attached hydrogen (secondary N) is 1. The van der Waals surface area contributed by atoms with Gasteiger partial charge in [-0.05, 0) is 30.9 Å². The molecule has 1 aromatic rings. The van der Waals surface area contributed by atoms with Crippen LogP contribution < -0.4 is 5.32 Å². The normalized spacial score (nSPS) is 22.1. The van der Waals surface area contributed by atoms with Crippen LogP contribution in [0.5, 0.6) is 0 Å². The molecule has 1 aliphatic rings. The fourth-order valence-electron chi connectivity index (χ4n) is 2.12. The lowest BCUT2D eigenvalue weighted by atomic mass is 10.0. The van der Waals surface area contributed by atoms with E-state index in [-0.39, 0.29) is 36.8 Å². The molecule has 5 heteroatoms. The molecule has 1 saturated carbocycles. The van der Waals surface area contributed by atoms with Crippen molar-refractivity contribution in [2.45, 2.75) is 24.8 Å². The van der Waals surface area contributed by atoms with Crippen molar-refractivity contribution in [2.24, 2.45) is 5.92 Å². The van der Waals surface area contributed by atoms with Gasteiger partial charge in [0.1, 0.15) is 5.82 Å². The zero-order chi connectivity index (χ0) is 14.0. The number of hydrogen-bond acceptors (Lipinski definition) is 3. The first-order valence-electron chi connectivity index (χ1n) is 6.29. The summed E-state index contributed by atoms with van der Waals surface area (Å²) in [7, 11) is 0. The molecule has 4 nitrogen and oxygen atoms in total. The lowest BCUT2D eigenvalue weighted by Gasteiger charge is -2.26. The van der Waals surface area contributed by atoms with E-state index in [4.69, 9.17) is 10.2 Å². The van der Waals surface area contributed by atoms with Crippen LogP contribution in [0.15, 0.2) is 24.3 Å². The maximum absolute atomic E-state index is 13.6. The van der Waals surface area contributed by atoms with Crippen molar-refractivity contribution in [2.75, 3.05) is 13.2 Å². The van der Waals surface area contributed by atoms with E-state index in [0.717, 1.165) is 0 Å². The fraction of sp³-hybridized carbons (Fsp3) is 0.500. The number of amides is 1. The van der Waals surface area contributed by atoms with Gasteiger partial charge in [0.25, 0.3) is 0 Å². The maximum atomic E-state index is 13.6. The minimum atomic E-state index is -1.03. The van der Waals surface area contributed by atoms with E-state index in [1.165, 1.54) is 6.07 Å². The average molecular weight is 267 g/mol. The Morgan fingerprint density at radius 1 is 1.42 bits per heavy atom. The second-order valence-electron chi connectivity index (χ2n) is 5.34. The Morgan fingerprint density at radius 2 is 2.05 bits per heavy atom. The van der Waals surface area contributed by atoms with Gasteiger partial charge in [-0.3, -0.25) is 4.79 Å². The molecular weight excluding hydrogens is 249 g/mol. The average Bonchev–Trinajstić information content (AvgIpc) is 3.19. The Hall–Kier alpha value is -1.46. The Bertz CT molecular complexity index is 474. The van der Waals surface area contributed by atoms with E-state index < -0.39 is 5.54 Å². The largest absolute Gasteiger partial charge is 0.394 e. The topological polar surface area (TPSA) is 69.6 Å². The van der Waals surface area contributed by atoms with E-state index in [1.54, 1.807) is 25.1 Å². The van der Waals surface area contributed by atoms with E-state index >= 15 is 0 Å². The predicted octanol–water partition coefficient (Wildman–Crippen LogP) is 0.789. The number of rotatable bonds is 5. The molecule has 104 valence electrons. The molecule has 0 saturated heterocycles. The van der Waals surface area contributed by atoms with E-state index in [2.05, 4.69) is 5.32 Å². The Balaban J connectivity index is 2.00. The molecule has 0 aliphatic heterocycles. The Kier molecular flexibility index (Phi) is 3.87. The quantitative estimate of drug-likeness (QED) is 0.738. The minimum Gasteiger partial charge on any atom is -0.394 e. The highest BCUT2D eigenvalue weighted by molar-refractivity contribution is 5.83. The maximum Gasteiger partial charge on any atom is 0.224 e. The van der Waals surface area contributed by atoms with Crippen molar-refractivity contribution < 1.29 is 19.4 Å². The summed E-state index contributed by atoms with van der Waals surface area (Å²) in [5, 5.41) is 20.9. The van der Waals surface area contributed by atoms with Crippen molar-refractivity contribution >= 4 is 5.91 Å². The van der Waals surface area contributed by atoms with Gasteiger partial charge in [-0.25, -0.2) is 4.39 Å². The molecule has 1 amide bonds. The third-order valence-corrected chi connectivity index (χ3v) is 3.55. The smallest absolute Gasteiger partial charge is 0.224 e. The van der Waals surface area contributed by atoms with Crippen LogP contribution in [0.25, 0.3) is 0 Å². The van der Waals surface area contributed by atoms with Crippen LogP contribution in [-0.2, 0) is 4.79 Å². The zero-order valence-electron chi connectivity index (χ0n) is 10.8. The molecule has 0 unspecified atom stereocenters. The summed E-state index contributed by atoms with van der Waals surface area (Å²) in [6.45, 7) is 0.879. The van der Waals surface area contributed by atoms with Gasteiger partial charge >= 0.3 is 0 Å². The van der Waals surface area contributed by atoms with E-state index in [0.29, 0.717) is 12.0 Å². The number of benzene rings is 1. The Morgan fingerprint density at radius 3 is 2.63 bits per heavy atom. The lowest BCUT2D eigenvalue weighted by molar-refractivity contribution is -0.125. The van der Waals surface area contributed by atoms with Crippen molar-refractivity contribution in [1.82, 2.24) is 5.32 Å². The monoisotopic (exact) mass is 267 g/mol. The van der Waals surface area contributed by atoms with Crippen molar-refractivity contribution in [3.05, 3.63) is 35.6 Å². The standard InChI is InChI=1S/C14H18FNO3/c1-14(7-17,8-18)16-13(19)11-6-10(11)9-4-2-3-5-12(9)15/h2-5,10-11,17-18H,6-8H2,1H3,(H,16,19)/t10-,11+/m1/s1. The summed E-state index contributed by atoms with van der Waals surface area (Å²) in [6, 6.07) is 6.43. The summed E-state index contributed by atoms with van der Waals surface area (Å²) in [4.78, 5) is 12.0. The molecule has 3 N–H and O–H groups in total. The third kappa shape index (κ3) is 2.93. The van der Waals surface area contributed by atoms with Gasteiger partial charge in [-0.2, -0.15) is 0 Å². The zero-order valence-corrected chi connectivity index (χ0v) is 10.8. The first kappa shape index (κ1) is 14.0. The summed E-state index contributed by atoms with van der Waals surface area (Å²) < 4.78 is 13.6. The van der Waals surface area contributed by atoms with Crippen LogP contribution in [0.2, 0.25) is 0 Å². The number of aliphatic hydroxyl groups is 2. The van der Waals surface area contributed by atoms with Crippen molar-refractivity contribution in [1.29, 1.82) is 0 Å². The molecule has 0 heterocycles. The van der Waals surface area contributed by atoms with Gasteiger partial charge in [-0.1, -0.05) is 18.2 Å². The number of carbonyl (C=O) groups is 1. The van der Waals surface area contributed by atoms with Gasteiger partial charge < -0.3 is 15.5 Å². The number of aliphatic hydroxyl groups excluding tert-OH is 2. The fourth-order valence-corrected chi connectivity index (χ4v) is 2.12. The second-order valence-corrected chi connectivity index (χ2v) is 5.34. The minimum absolute atomic E-state index is 0.108. The number of hydrogen-bond donors (Lipinski definition) is 3. The molecule has 1 fully saturated rings. The van der Waals surface area contributed by atoms with Gasteiger partial charge in [0.15, 0.2) is 0 Å². The van der Waals surface area contributed by atoms with Crippen LogP contribution in [0.3, 0.4) is 0 Å². The highest BCUT2D eigenvalue weighted by atomic mass is 19.1. The van der Waals surface area contributed by atoms with Crippen LogP contribution in [0.4, 0.5) is 4.39 Å². The molecule has 1 aliphatic carbocycles. The van der Waals surface area contributed by atoms with Crippen LogP contribution in [0.1, 0.15) is 24.8 Å². The van der Waals surface area contributed by atoms with Crippen LogP contribution in [-0.4, -0.2) is 34.9 Å². The summed E-state index contributed by atoms with van der Waals surface area (Å²) in [6.07, 6.45) is 0.597. The summed E-state index contributed by atoms with van der Waals surface area (Å²) >= 11 is 0. The molecule has 0 bridgehead atoms. The number of halogens is 1. The van der Waals surface area contributed by atoms with E-state index in [9.17, 15) is 9.18 Å². The highest BCUT2D eigenvalue weighted by Crippen LogP contribution is 2.48. The van der Waals surface area contributed by atoms with E-state index in [1.807, 2.05) is 0 Å². The SMILES string of the molecule is CC(CO)(CO)NC(=O)[C@H]1C[C@@H]1c1ccccc1F. The van der Waals surface area contributed by atoms with Gasteiger partial charge in [0, 0.05) is 5.92 Å². The van der Waals surface area contributed by atoms with Gasteiger partial charge in [-0.15, -0.1) is 0 Å².